The highest BCUT2D eigenvalue weighted by molar-refractivity contribution is 5.83. The van der Waals surface area contributed by atoms with Crippen LogP contribution in [0.2, 0.25) is 0 Å². The molecule has 0 N–H and O–H groups in total. The minimum atomic E-state index is -0.219. The monoisotopic (exact) mass is 371 g/mol. The van der Waals surface area contributed by atoms with E-state index in [1.807, 2.05) is 34.9 Å². The molecule has 27 heavy (non-hydrogen) atoms. The summed E-state index contributed by atoms with van der Waals surface area (Å²) in [6.07, 6.45) is 4.89. The highest BCUT2D eigenvalue weighted by atomic mass is 16.2. The van der Waals surface area contributed by atoms with Gasteiger partial charge in [-0.05, 0) is 58.2 Å². The molecule has 0 radical (unpaired) electrons. The molecule has 2 amide bonds. The summed E-state index contributed by atoms with van der Waals surface area (Å²) in [4.78, 5) is 31.0. The second-order valence-corrected chi connectivity index (χ2v) is 8.32. The first kappa shape index (κ1) is 19.9. The Hall–Kier alpha value is -1.88. The summed E-state index contributed by atoms with van der Waals surface area (Å²) in [5.41, 5.74) is 2.25. The van der Waals surface area contributed by atoms with Crippen molar-refractivity contribution in [3.05, 3.63) is 35.4 Å². The van der Waals surface area contributed by atoms with Gasteiger partial charge in [-0.25, -0.2) is 0 Å². The zero-order valence-electron chi connectivity index (χ0n) is 17.0. The maximum atomic E-state index is 13.2. The van der Waals surface area contributed by atoms with E-state index in [2.05, 4.69) is 25.1 Å². The largest absolute Gasteiger partial charge is 0.343 e. The van der Waals surface area contributed by atoms with Gasteiger partial charge in [0.1, 0.15) is 6.04 Å². The minimum absolute atomic E-state index is 0.207. The molecule has 0 aliphatic carbocycles. The van der Waals surface area contributed by atoms with Crippen LogP contribution >= 0.6 is 0 Å². The molecule has 1 atom stereocenters. The van der Waals surface area contributed by atoms with Crippen molar-refractivity contribution in [2.45, 2.75) is 45.1 Å². The van der Waals surface area contributed by atoms with E-state index in [9.17, 15) is 9.59 Å². The van der Waals surface area contributed by atoms with Crippen LogP contribution in [0.1, 0.15) is 49.3 Å². The fraction of sp³-hybridized carbons (Fsp3) is 0.636. The highest BCUT2D eigenvalue weighted by Crippen LogP contribution is 2.27. The lowest BCUT2D eigenvalue weighted by molar-refractivity contribution is -0.137. The number of carbonyl (C=O) groups excluding carboxylic acids is 2. The molecule has 1 aromatic rings. The predicted octanol–water partition coefficient (Wildman–Crippen LogP) is 2.85. The van der Waals surface area contributed by atoms with Crippen molar-refractivity contribution in [2.75, 3.05) is 40.3 Å². The Kier molecular flexibility index (Phi) is 6.53. The van der Waals surface area contributed by atoms with Gasteiger partial charge in [-0.2, -0.15) is 0 Å². The SMILES string of the molecule is Cc1cccc([C@@H](C(=O)N2CCC(CCN3CCCC3=O)CC2)N(C)C)c1. The molecule has 0 bridgehead atoms. The molecule has 0 aromatic heterocycles. The molecular weight excluding hydrogens is 338 g/mol. The van der Waals surface area contributed by atoms with Crippen LogP contribution in [0.4, 0.5) is 0 Å². The van der Waals surface area contributed by atoms with Gasteiger partial charge in [0.15, 0.2) is 0 Å². The van der Waals surface area contributed by atoms with E-state index in [4.69, 9.17) is 0 Å². The van der Waals surface area contributed by atoms with Gasteiger partial charge >= 0.3 is 0 Å². The van der Waals surface area contributed by atoms with Crippen LogP contribution in [0.25, 0.3) is 0 Å². The quantitative estimate of drug-likeness (QED) is 0.772. The second kappa shape index (κ2) is 8.87. The molecule has 2 aliphatic rings. The number of amides is 2. The standard InChI is InChI=1S/C22H33N3O2/c1-17-6-4-7-19(16-17)21(23(2)3)22(27)25-14-10-18(11-15-25)9-13-24-12-5-8-20(24)26/h4,6-7,16,18,21H,5,8-15H2,1-3H3/t21-/m0/s1. The van der Waals surface area contributed by atoms with Gasteiger partial charge in [0, 0.05) is 32.6 Å². The van der Waals surface area contributed by atoms with Crippen LogP contribution in [0, 0.1) is 12.8 Å². The summed E-state index contributed by atoms with van der Waals surface area (Å²) in [5.74, 6) is 1.15. The van der Waals surface area contributed by atoms with Crippen molar-refractivity contribution in [3.63, 3.8) is 0 Å². The third kappa shape index (κ3) is 4.89. The van der Waals surface area contributed by atoms with Gasteiger partial charge in [0.05, 0.1) is 0 Å². The number of rotatable bonds is 6. The fourth-order valence-corrected chi connectivity index (χ4v) is 4.40. The third-order valence-corrected chi connectivity index (χ3v) is 6.01. The minimum Gasteiger partial charge on any atom is -0.343 e. The van der Waals surface area contributed by atoms with Crippen LogP contribution < -0.4 is 0 Å². The number of hydrogen-bond acceptors (Lipinski definition) is 3. The Morgan fingerprint density at radius 2 is 1.96 bits per heavy atom. The number of nitrogens with zero attached hydrogens (tertiary/aromatic N) is 3. The number of aryl methyl sites for hydroxylation is 1. The Labute approximate surface area is 163 Å². The summed E-state index contributed by atoms with van der Waals surface area (Å²) < 4.78 is 0. The van der Waals surface area contributed by atoms with Gasteiger partial charge in [0.2, 0.25) is 11.8 Å². The maximum absolute atomic E-state index is 13.2. The van der Waals surface area contributed by atoms with E-state index in [-0.39, 0.29) is 11.9 Å². The summed E-state index contributed by atoms with van der Waals surface area (Å²) >= 11 is 0. The first-order valence-electron chi connectivity index (χ1n) is 10.3. The number of benzene rings is 1. The zero-order valence-corrected chi connectivity index (χ0v) is 17.0. The van der Waals surface area contributed by atoms with Crippen molar-refractivity contribution in [2.24, 2.45) is 5.92 Å². The van der Waals surface area contributed by atoms with Gasteiger partial charge in [-0.3, -0.25) is 14.5 Å². The molecule has 0 unspecified atom stereocenters. The molecule has 2 heterocycles. The highest BCUT2D eigenvalue weighted by Gasteiger charge is 2.31. The third-order valence-electron chi connectivity index (χ3n) is 6.01. The first-order valence-corrected chi connectivity index (χ1v) is 10.3. The lowest BCUT2D eigenvalue weighted by atomic mass is 9.92. The van der Waals surface area contributed by atoms with Gasteiger partial charge in [0.25, 0.3) is 0 Å². The van der Waals surface area contributed by atoms with Crippen LogP contribution in [-0.4, -0.2) is 66.8 Å². The molecule has 0 spiro atoms. The van der Waals surface area contributed by atoms with Crippen molar-refractivity contribution in [1.82, 2.24) is 14.7 Å². The average Bonchev–Trinajstić information content (AvgIpc) is 3.05. The molecule has 5 nitrogen and oxygen atoms in total. The van der Waals surface area contributed by atoms with Gasteiger partial charge in [-0.15, -0.1) is 0 Å². The Morgan fingerprint density at radius 1 is 1.22 bits per heavy atom. The molecule has 2 fully saturated rings. The predicted molar refractivity (Wildman–Crippen MR) is 107 cm³/mol. The second-order valence-electron chi connectivity index (χ2n) is 8.32. The van der Waals surface area contributed by atoms with Gasteiger partial charge < -0.3 is 9.80 Å². The van der Waals surface area contributed by atoms with E-state index in [0.29, 0.717) is 11.8 Å². The normalized spacial score (nSPS) is 19.8. The average molecular weight is 372 g/mol. The number of likely N-dealkylation sites (N-methyl/N-ethyl adjacent to an activating group) is 1. The molecule has 148 valence electrons. The first-order chi connectivity index (χ1) is 13.0. The lowest BCUT2D eigenvalue weighted by Gasteiger charge is -2.36. The van der Waals surface area contributed by atoms with E-state index in [0.717, 1.165) is 63.8 Å². The van der Waals surface area contributed by atoms with Crippen LogP contribution in [0.5, 0.6) is 0 Å². The van der Waals surface area contributed by atoms with Crippen molar-refractivity contribution in [3.8, 4) is 0 Å². The number of hydrogen-bond donors (Lipinski definition) is 0. The molecule has 0 saturated carbocycles. The molecular formula is C22H33N3O2. The number of carbonyl (C=O) groups is 2. The smallest absolute Gasteiger partial charge is 0.244 e. The topological polar surface area (TPSA) is 43.9 Å². The van der Waals surface area contributed by atoms with Crippen molar-refractivity contribution in [1.29, 1.82) is 0 Å². The number of piperidine rings is 1. The van der Waals surface area contributed by atoms with Crippen LogP contribution in [0.3, 0.4) is 0 Å². The molecule has 5 heteroatoms. The van der Waals surface area contributed by atoms with E-state index >= 15 is 0 Å². The molecule has 2 aliphatic heterocycles. The Morgan fingerprint density at radius 3 is 2.56 bits per heavy atom. The van der Waals surface area contributed by atoms with Crippen molar-refractivity contribution >= 4 is 11.8 Å². The maximum Gasteiger partial charge on any atom is 0.244 e. The fourth-order valence-electron chi connectivity index (χ4n) is 4.40. The summed E-state index contributed by atoms with van der Waals surface area (Å²) in [7, 11) is 3.95. The Balaban J connectivity index is 1.54. The number of likely N-dealkylation sites (tertiary alicyclic amines) is 2. The van der Waals surface area contributed by atoms with Gasteiger partial charge in [-0.1, -0.05) is 29.8 Å². The molecule has 3 rings (SSSR count). The Bertz CT molecular complexity index is 665. The zero-order chi connectivity index (χ0) is 19.4. The summed E-state index contributed by atoms with van der Waals surface area (Å²) in [6, 6.07) is 8.04. The van der Waals surface area contributed by atoms with Crippen LogP contribution in [0.15, 0.2) is 24.3 Å². The van der Waals surface area contributed by atoms with E-state index in [1.54, 1.807) is 0 Å². The van der Waals surface area contributed by atoms with Crippen molar-refractivity contribution < 1.29 is 9.59 Å². The summed E-state index contributed by atoms with van der Waals surface area (Å²) in [5, 5.41) is 0. The van der Waals surface area contributed by atoms with E-state index in [1.165, 1.54) is 5.56 Å². The van der Waals surface area contributed by atoms with Crippen LogP contribution in [-0.2, 0) is 9.59 Å². The molecule has 1 aromatic carbocycles. The van der Waals surface area contributed by atoms with E-state index < -0.39 is 0 Å². The lowest BCUT2D eigenvalue weighted by Crippen LogP contribution is -2.44. The molecule has 2 saturated heterocycles. The summed E-state index contributed by atoms with van der Waals surface area (Å²) in [6.45, 7) is 5.54.